The minimum atomic E-state index is -2.75. The van der Waals surface area contributed by atoms with Crippen molar-refractivity contribution in [1.29, 1.82) is 0 Å². The largest absolute Gasteiger partial charge is 0.351 e. The van der Waals surface area contributed by atoms with Gasteiger partial charge in [-0.2, -0.15) is 9.78 Å². The first-order chi connectivity index (χ1) is 16.1. The number of pyridine rings is 1. The third-order valence-corrected chi connectivity index (χ3v) is 6.55. The van der Waals surface area contributed by atoms with Crippen LogP contribution in [0.15, 0.2) is 52.3 Å². The minimum absolute atomic E-state index is 0.0129. The number of rotatable bonds is 5. The van der Waals surface area contributed by atoms with E-state index in [1.54, 1.807) is 24.3 Å². The highest BCUT2D eigenvalue weighted by Crippen LogP contribution is 2.45. The lowest BCUT2D eigenvalue weighted by Gasteiger charge is -2.41. The molecule has 8 nitrogen and oxygen atoms in total. The van der Waals surface area contributed by atoms with Crippen molar-refractivity contribution < 1.29 is 13.6 Å². The molecule has 1 saturated carbocycles. The highest BCUT2D eigenvalue weighted by atomic mass is 35.5. The molecule has 4 rings (SSSR count). The highest BCUT2D eigenvalue weighted by molar-refractivity contribution is 6.33. The number of nitrogens with one attached hydrogen (secondary N) is 2. The molecule has 34 heavy (non-hydrogen) atoms. The van der Waals surface area contributed by atoms with Gasteiger partial charge in [0.25, 0.3) is 11.5 Å². The molecule has 2 heterocycles. The van der Waals surface area contributed by atoms with Crippen molar-refractivity contribution in [3.8, 4) is 5.82 Å². The van der Waals surface area contributed by atoms with Gasteiger partial charge in [0.05, 0.1) is 10.6 Å². The molecule has 0 spiro atoms. The molecule has 0 bridgehead atoms. The predicted molar refractivity (Wildman–Crippen MR) is 122 cm³/mol. The Morgan fingerprint density at radius 2 is 1.76 bits per heavy atom. The van der Waals surface area contributed by atoms with Gasteiger partial charge >= 0.3 is 5.69 Å². The zero-order chi connectivity index (χ0) is 24.5. The first kappa shape index (κ1) is 24.0. The van der Waals surface area contributed by atoms with E-state index in [-0.39, 0.29) is 48.6 Å². The number of benzene rings is 1. The van der Waals surface area contributed by atoms with E-state index in [9.17, 15) is 23.2 Å². The molecule has 0 unspecified atom stereocenters. The first-order valence-electron chi connectivity index (χ1n) is 10.4. The molecule has 1 amide bonds. The highest BCUT2D eigenvalue weighted by Gasteiger charge is 2.44. The van der Waals surface area contributed by atoms with Crippen LogP contribution in [0.1, 0.15) is 41.6 Å². The number of nitrogens with zero attached hydrogens (tertiary/aromatic N) is 3. The number of carbonyl (C=O) groups is 1. The summed E-state index contributed by atoms with van der Waals surface area (Å²) in [6, 6.07) is 8.20. The van der Waals surface area contributed by atoms with Crippen LogP contribution in [0, 0.1) is 0 Å². The molecule has 178 valence electrons. The zero-order valence-corrected chi connectivity index (χ0v) is 19.2. The van der Waals surface area contributed by atoms with Crippen molar-refractivity contribution in [1.82, 2.24) is 25.1 Å². The van der Waals surface area contributed by atoms with Crippen molar-refractivity contribution in [2.75, 3.05) is 6.54 Å². The average Bonchev–Trinajstić information content (AvgIpc) is 2.80. The summed E-state index contributed by atoms with van der Waals surface area (Å²) in [6.07, 6.45) is 1.83. The smallest absolute Gasteiger partial charge is 0.351 e. The van der Waals surface area contributed by atoms with Crippen molar-refractivity contribution in [2.24, 2.45) is 0 Å². The van der Waals surface area contributed by atoms with E-state index in [0.29, 0.717) is 5.02 Å². The molecular formula is C22H19Cl2F2N5O3. The average molecular weight is 510 g/mol. The summed E-state index contributed by atoms with van der Waals surface area (Å²) >= 11 is 12.2. The monoisotopic (exact) mass is 509 g/mol. The third kappa shape index (κ3) is 5.02. The molecule has 2 aromatic heterocycles. The number of hydrogen-bond donors (Lipinski definition) is 2. The zero-order valence-electron chi connectivity index (χ0n) is 17.7. The van der Waals surface area contributed by atoms with Crippen LogP contribution in [0.2, 0.25) is 10.0 Å². The number of H-pyrrole nitrogens is 1. The van der Waals surface area contributed by atoms with Gasteiger partial charge in [0.15, 0.2) is 5.82 Å². The molecule has 0 aliphatic heterocycles. The predicted octanol–water partition coefficient (Wildman–Crippen LogP) is 3.50. The van der Waals surface area contributed by atoms with Gasteiger partial charge in [-0.05, 0) is 36.6 Å². The van der Waals surface area contributed by atoms with Crippen LogP contribution < -0.4 is 16.6 Å². The summed E-state index contributed by atoms with van der Waals surface area (Å²) in [4.78, 5) is 42.3. The van der Waals surface area contributed by atoms with Crippen LogP contribution in [0.25, 0.3) is 5.82 Å². The van der Waals surface area contributed by atoms with Gasteiger partial charge in [-0.3, -0.25) is 14.6 Å². The number of aromatic nitrogens is 4. The summed E-state index contributed by atoms with van der Waals surface area (Å²) in [6.45, 7) is 0.0917. The fraction of sp³-hybridized carbons (Fsp3) is 0.318. The second-order valence-corrected chi connectivity index (χ2v) is 9.04. The minimum Gasteiger partial charge on any atom is -0.351 e. The number of hydrogen-bond acceptors (Lipinski definition) is 5. The quantitative estimate of drug-likeness (QED) is 0.546. The lowest BCUT2D eigenvalue weighted by atomic mass is 9.68. The number of alkyl halides is 2. The Kier molecular flexibility index (Phi) is 6.55. The molecule has 1 aliphatic carbocycles. The van der Waals surface area contributed by atoms with Gasteiger partial charge in [-0.1, -0.05) is 35.3 Å². The van der Waals surface area contributed by atoms with Gasteiger partial charge in [0.2, 0.25) is 5.92 Å². The molecule has 0 saturated heterocycles. The van der Waals surface area contributed by atoms with Crippen molar-refractivity contribution >= 4 is 29.1 Å². The summed E-state index contributed by atoms with van der Waals surface area (Å²) in [5, 5.41) is 7.05. The lowest BCUT2D eigenvalue weighted by Crippen LogP contribution is -2.45. The van der Waals surface area contributed by atoms with Crippen LogP contribution in [0.3, 0.4) is 0 Å². The summed E-state index contributed by atoms with van der Waals surface area (Å²) in [5.41, 5.74) is -1.41. The number of aromatic amines is 1. The molecule has 0 radical (unpaired) electrons. The molecule has 12 heteroatoms. The maximum atomic E-state index is 13.9. The van der Waals surface area contributed by atoms with E-state index < -0.39 is 28.5 Å². The van der Waals surface area contributed by atoms with Gasteiger partial charge < -0.3 is 5.32 Å². The Morgan fingerprint density at radius 1 is 1.09 bits per heavy atom. The number of amides is 1. The van der Waals surface area contributed by atoms with E-state index >= 15 is 0 Å². The van der Waals surface area contributed by atoms with Crippen LogP contribution in [0.5, 0.6) is 0 Å². The van der Waals surface area contributed by atoms with Crippen LogP contribution >= 0.6 is 23.2 Å². The third-order valence-electron chi connectivity index (χ3n) is 6.00. The van der Waals surface area contributed by atoms with E-state index in [0.717, 1.165) is 16.4 Å². The Hall–Kier alpha value is -3.11. The van der Waals surface area contributed by atoms with E-state index in [2.05, 4.69) is 15.4 Å². The van der Waals surface area contributed by atoms with Crippen LogP contribution in [-0.2, 0) is 5.41 Å². The summed E-state index contributed by atoms with van der Waals surface area (Å²) in [7, 11) is 0. The van der Waals surface area contributed by atoms with Gasteiger partial charge in [0.1, 0.15) is 6.20 Å². The topological polar surface area (TPSA) is 110 Å². The van der Waals surface area contributed by atoms with Crippen molar-refractivity contribution in [3.63, 3.8) is 0 Å². The van der Waals surface area contributed by atoms with Gasteiger partial charge in [0, 0.05) is 36.0 Å². The fourth-order valence-corrected chi connectivity index (χ4v) is 4.36. The first-order valence-corrected chi connectivity index (χ1v) is 11.1. The summed E-state index contributed by atoms with van der Waals surface area (Å²) < 4.78 is 28.7. The van der Waals surface area contributed by atoms with E-state index in [1.807, 2.05) is 4.98 Å². The number of halogens is 4. The summed E-state index contributed by atoms with van der Waals surface area (Å²) in [5.74, 6) is -3.35. The van der Waals surface area contributed by atoms with Crippen LogP contribution in [0.4, 0.5) is 8.78 Å². The molecule has 3 aromatic rings. The second-order valence-electron chi connectivity index (χ2n) is 8.20. The SMILES string of the molecule is O=C(NCC1(c2ccc(Cl)cc2)CCC(F)(F)CC1)c1cc(-n2ncc(=O)[nH]c2=O)ncc1Cl. The normalized spacial score (nSPS) is 16.7. The molecule has 1 aromatic carbocycles. The Balaban J connectivity index is 1.60. The Bertz CT molecular complexity index is 1330. The Labute approximate surface area is 201 Å². The standard InChI is InChI=1S/C22H19Cl2F2N5O3/c23-14-3-1-13(2-4-14)21(5-7-22(25,26)8-6-21)12-28-19(33)15-9-17(27-10-16(15)24)31-20(34)30-18(32)11-29-31/h1-4,9-11H,5-8,12H2,(H,28,33)(H,30,32,34). The molecule has 0 atom stereocenters. The van der Waals surface area contributed by atoms with Crippen LogP contribution in [-0.4, -0.2) is 38.1 Å². The number of carbonyl (C=O) groups excluding carboxylic acids is 1. The van der Waals surface area contributed by atoms with E-state index in [1.165, 1.54) is 12.3 Å². The van der Waals surface area contributed by atoms with Crippen molar-refractivity contribution in [3.05, 3.63) is 84.7 Å². The Morgan fingerprint density at radius 3 is 2.41 bits per heavy atom. The molecule has 1 fully saturated rings. The maximum Gasteiger partial charge on any atom is 0.351 e. The van der Waals surface area contributed by atoms with Gasteiger partial charge in [-0.15, -0.1) is 0 Å². The van der Waals surface area contributed by atoms with E-state index in [4.69, 9.17) is 23.2 Å². The second kappa shape index (κ2) is 9.27. The van der Waals surface area contributed by atoms with Gasteiger partial charge in [-0.25, -0.2) is 18.6 Å². The molecular weight excluding hydrogens is 491 g/mol. The molecule has 1 aliphatic rings. The molecule has 2 N–H and O–H groups in total. The maximum absolute atomic E-state index is 13.9. The fourth-order valence-electron chi connectivity index (χ4n) is 4.04. The van der Waals surface area contributed by atoms with Crippen molar-refractivity contribution in [2.45, 2.75) is 37.0 Å². The lowest BCUT2D eigenvalue weighted by molar-refractivity contribution is -0.0516.